The summed E-state index contributed by atoms with van der Waals surface area (Å²) in [6, 6.07) is 4.87. The quantitative estimate of drug-likeness (QED) is 0.816. The first kappa shape index (κ1) is 13.4. The van der Waals surface area contributed by atoms with Crippen molar-refractivity contribution in [3.8, 4) is 0 Å². The number of ketones is 1. The molecule has 0 atom stereocenters. The van der Waals surface area contributed by atoms with Gasteiger partial charge < -0.3 is 5.11 Å². The molecule has 0 saturated carbocycles. The van der Waals surface area contributed by atoms with E-state index < -0.39 is 5.97 Å². The maximum Gasteiger partial charge on any atom is 0.335 e. The van der Waals surface area contributed by atoms with E-state index in [1.165, 1.54) is 6.07 Å². The van der Waals surface area contributed by atoms with E-state index in [0.717, 1.165) is 5.56 Å². The number of benzene rings is 1. The van der Waals surface area contributed by atoms with Crippen molar-refractivity contribution in [3.05, 3.63) is 34.9 Å². The van der Waals surface area contributed by atoms with Gasteiger partial charge in [-0.3, -0.25) is 4.79 Å². The Bertz CT molecular complexity index is 453. The number of rotatable bonds is 3. The Morgan fingerprint density at radius 3 is 2.06 bits per heavy atom. The van der Waals surface area contributed by atoms with Gasteiger partial charge in [0.15, 0.2) is 5.78 Å². The molecule has 1 aromatic carbocycles. The molecule has 0 aliphatic rings. The standard InChI is InChI=1S/C14H18O3/c1-5-12(15)9-6-10(13(16)17)8-11(7-9)14(2,3)4/h6-8H,5H2,1-4H3,(H,16,17). The summed E-state index contributed by atoms with van der Waals surface area (Å²) >= 11 is 0. The van der Waals surface area contributed by atoms with Crippen LogP contribution in [0, 0.1) is 0 Å². The molecule has 0 aliphatic carbocycles. The number of carbonyl (C=O) groups excluding carboxylic acids is 1. The summed E-state index contributed by atoms with van der Waals surface area (Å²) in [4.78, 5) is 22.7. The number of hydrogen-bond acceptors (Lipinski definition) is 2. The van der Waals surface area contributed by atoms with Gasteiger partial charge in [-0.05, 0) is 29.2 Å². The van der Waals surface area contributed by atoms with E-state index in [1.54, 1.807) is 19.1 Å². The molecule has 17 heavy (non-hydrogen) atoms. The molecule has 3 nitrogen and oxygen atoms in total. The third-order valence-electron chi connectivity index (χ3n) is 2.69. The number of Topliss-reactive ketones (excluding diaryl/α,β-unsaturated/α-hetero) is 1. The number of carbonyl (C=O) groups is 2. The smallest absolute Gasteiger partial charge is 0.335 e. The SMILES string of the molecule is CCC(=O)c1cc(C(=O)O)cc(C(C)(C)C)c1. The number of aromatic carboxylic acids is 1. The van der Waals surface area contributed by atoms with Gasteiger partial charge in [-0.15, -0.1) is 0 Å². The van der Waals surface area contributed by atoms with Crippen LogP contribution in [0.15, 0.2) is 18.2 Å². The number of carboxylic acids is 1. The Morgan fingerprint density at radius 1 is 1.12 bits per heavy atom. The molecule has 1 rings (SSSR count). The van der Waals surface area contributed by atoms with Crippen LogP contribution in [-0.4, -0.2) is 16.9 Å². The maximum absolute atomic E-state index is 11.7. The van der Waals surface area contributed by atoms with Crippen molar-refractivity contribution in [1.29, 1.82) is 0 Å². The van der Waals surface area contributed by atoms with Crippen LogP contribution in [0.5, 0.6) is 0 Å². The summed E-state index contributed by atoms with van der Waals surface area (Å²) in [5, 5.41) is 9.04. The molecular formula is C14H18O3. The van der Waals surface area contributed by atoms with Crippen LogP contribution in [0.25, 0.3) is 0 Å². The molecule has 0 radical (unpaired) electrons. The third kappa shape index (κ3) is 3.16. The average molecular weight is 234 g/mol. The molecule has 0 saturated heterocycles. The largest absolute Gasteiger partial charge is 0.478 e. The Kier molecular flexibility index (Phi) is 3.71. The minimum absolute atomic E-state index is 0.0291. The van der Waals surface area contributed by atoms with E-state index in [1.807, 2.05) is 20.8 Å². The summed E-state index contributed by atoms with van der Waals surface area (Å²) in [5.74, 6) is -1.03. The van der Waals surface area contributed by atoms with Gasteiger partial charge in [0.05, 0.1) is 5.56 Å². The first-order chi connectivity index (χ1) is 7.75. The van der Waals surface area contributed by atoms with Crippen LogP contribution in [0.3, 0.4) is 0 Å². The molecule has 92 valence electrons. The second-order valence-electron chi connectivity index (χ2n) is 5.13. The van der Waals surface area contributed by atoms with Crippen LogP contribution >= 0.6 is 0 Å². The first-order valence-corrected chi connectivity index (χ1v) is 5.67. The molecule has 0 spiro atoms. The van der Waals surface area contributed by atoms with Crippen molar-refractivity contribution < 1.29 is 14.7 Å². The minimum Gasteiger partial charge on any atom is -0.478 e. The highest BCUT2D eigenvalue weighted by atomic mass is 16.4. The zero-order valence-electron chi connectivity index (χ0n) is 10.7. The summed E-state index contributed by atoms with van der Waals surface area (Å²) in [7, 11) is 0. The average Bonchev–Trinajstić information content (AvgIpc) is 2.26. The second kappa shape index (κ2) is 4.70. The number of hydrogen-bond donors (Lipinski definition) is 1. The van der Waals surface area contributed by atoms with Crippen LogP contribution in [0.2, 0.25) is 0 Å². The van der Waals surface area contributed by atoms with E-state index in [9.17, 15) is 9.59 Å². The van der Waals surface area contributed by atoms with E-state index in [4.69, 9.17) is 5.11 Å². The molecule has 0 aromatic heterocycles. The minimum atomic E-state index is -0.999. The molecule has 0 bridgehead atoms. The fourth-order valence-electron chi connectivity index (χ4n) is 1.55. The van der Waals surface area contributed by atoms with E-state index in [2.05, 4.69) is 0 Å². The summed E-state index contributed by atoms with van der Waals surface area (Å²) in [6.07, 6.45) is 0.382. The highest BCUT2D eigenvalue weighted by molar-refractivity contribution is 5.99. The van der Waals surface area contributed by atoms with Crippen molar-refractivity contribution in [3.63, 3.8) is 0 Å². The predicted molar refractivity (Wildman–Crippen MR) is 66.7 cm³/mol. The van der Waals surface area contributed by atoms with Crippen LogP contribution in [0.4, 0.5) is 0 Å². The zero-order valence-corrected chi connectivity index (χ0v) is 10.7. The molecule has 3 heteroatoms. The lowest BCUT2D eigenvalue weighted by Gasteiger charge is -2.20. The Hall–Kier alpha value is -1.64. The van der Waals surface area contributed by atoms with Gasteiger partial charge in [-0.25, -0.2) is 4.79 Å². The van der Waals surface area contributed by atoms with Gasteiger partial charge in [0.1, 0.15) is 0 Å². The molecule has 0 heterocycles. The van der Waals surface area contributed by atoms with Gasteiger partial charge in [0.2, 0.25) is 0 Å². The third-order valence-corrected chi connectivity index (χ3v) is 2.69. The van der Waals surface area contributed by atoms with Gasteiger partial charge in [0, 0.05) is 12.0 Å². The van der Waals surface area contributed by atoms with Gasteiger partial charge >= 0.3 is 5.97 Å². The second-order valence-corrected chi connectivity index (χ2v) is 5.13. The van der Waals surface area contributed by atoms with Crippen LogP contribution in [-0.2, 0) is 5.41 Å². The van der Waals surface area contributed by atoms with Gasteiger partial charge in [-0.1, -0.05) is 27.7 Å². The maximum atomic E-state index is 11.7. The van der Waals surface area contributed by atoms with E-state index >= 15 is 0 Å². The lowest BCUT2D eigenvalue weighted by atomic mass is 9.84. The normalized spacial score (nSPS) is 11.3. The summed E-state index contributed by atoms with van der Waals surface area (Å²) in [5.41, 5.74) is 1.36. The van der Waals surface area contributed by atoms with E-state index in [-0.39, 0.29) is 16.8 Å². The highest BCUT2D eigenvalue weighted by Crippen LogP contribution is 2.25. The lowest BCUT2D eigenvalue weighted by Crippen LogP contribution is -2.14. The Labute approximate surface area is 101 Å². The first-order valence-electron chi connectivity index (χ1n) is 5.67. The topological polar surface area (TPSA) is 54.4 Å². The van der Waals surface area contributed by atoms with Gasteiger partial charge in [0.25, 0.3) is 0 Å². The van der Waals surface area contributed by atoms with E-state index in [0.29, 0.717) is 12.0 Å². The molecule has 1 aromatic rings. The zero-order chi connectivity index (χ0) is 13.2. The summed E-state index contributed by atoms with van der Waals surface area (Å²) < 4.78 is 0. The molecule has 0 fully saturated rings. The van der Waals surface area contributed by atoms with Crippen molar-refractivity contribution >= 4 is 11.8 Å². The molecule has 0 aliphatic heterocycles. The van der Waals surface area contributed by atoms with Crippen molar-refractivity contribution in [2.45, 2.75) is 39.5 Å². The number of carboxylic acid groups (broad SMARTS) is 1. The van der Waals surface area contributed by atoms with Crippen LogP contribution in [0.1, 0.15) is 60.4 Å². The molecular weight excluding hydrogens is 216 g/mol. The fraction of sp³-hybridized carbons (Fsp3) is 0.429. The molecule has 0 unspecified atom stereocenters. The predicted octanol–water partition coefficient (Wildman–Crippen LogP) is 3.28. The Balaban J connectivity index is 3.39. The Morgan fingerprint density at radius 2 is 1.65 bits per heavy atom. The van der Waals surface area contributed by atoms with Crippen molar-refractivity contribution in [2.75, 3.05) is 0 Å². The fourth-order valence-corrected chi connectivity index (χ4v) is 1.55. The monoisotopic (exact) mass is 234 g/mol. The van der Waals surface area contributed by atoms with Crippen LogP contribution < -0.4 is 0 Å². The van der Waals surface area contributed by atoms with Crippen molar-refractivity contribution in [2.24, 2.45) is 0 Å². The molecule has 0 amide bonds. The van der Waals surface area contributed by atoms with Crippen molar-refractivity contribution in [1.82, 2.24) is 0 Å². The van der Waals surface area contributed by atoms with Gasteiger partial charge in [-0.2, -0.15) is 0 Å². The lowest BCUT2D eigenvalue weighted by molar-refractivity contribution is 0.0696. The molecule has 1 N–H and O–H groups in total. The summed E-state index contributed by atoms with van der Waals surface area (Å²) in [6.45, 7) is 7.75. The highest BCUT2D eigenvalue weighted by Gasteiger charge is 2.18.